The number of nitrogens with one attached hydrogen (secondary N) is 1. The normalized spacial score (nSPS) is 18.8. The fraction of sp³-hybridized carbons (Fsp3) is 0.385. The molecule has 5 nitrogen and oxygen atoms in total. The number of rotatable bonds is 3. The van der Waals surface area contributed by atoms with Crippen molar-refractivity contribution in [1.82, 2.24) is 4.90 Å². The molecule has 1 heterocycles. The number of carbonyl (C=O) groups is 2. The Balaban J connectivity index is 2.32. The van der Waals surface area contributed by atoms with Gasteiger partial charge in [0.1, 0.15) is 0 Å². The summed E-state index contributed by atoms with van der Waals surface area (Å²) >= 11 is 4.99. The predicted octanol–water partition coefficient (Wildman–Crippen LogP) is 2.18. The number of hydrogen-bond donors (Lipinski definition) is 2. The summed E-state index contributed by atoms with van der Waals surface area (Å²) in [6.45, 7) is 1.44. The molecule has 114 valence electrons. The van der Waals surface area contributed by atoms with Crippen LogP contribution in [0.3, 0.4) is 0 Å². The molecule has 0 saturated carbocycles. The van der Waals surface area contributed by atoms with E-state index in [2.05, 4.69) is 21.2 Å². The first-order valence-electron chi connectivity index (χ1n) is 6.28. The van der Waals surface area contributed by atoms with Gasteiger partial charge in [0.05, 0.1) is 21.6 Å². The average molecular weight is 470 g/mol. The second-order valence-corrected chi connectivity index (χ2v) is 6.97. The molecule has 1 aliphatic heterocycles. The van der Waals surface area contributed by atoms with Gasteiger partial charge in [-0.3, -0.25) is 9.59 Å². The molecule has 1 unspecified atom stereocenters. The van der Waals surface area contributed by atoms with Crippen LogP contribution in [-0.2, 0) is 4.79 Å². The third kappa shape index (κ3) is 3.54. The number of carbonyl (C=O) groups excluding carboxylic acids is 2. The summed E-state index contributed by atoms with van der Waals surface area (Å²) in [4.78, 5) is 25.7. The number of nitrogens with zero attached hydrogens (tertiary/aromatic N) is 1. The molecule has 2 amide bonds. The lowest BCUT2D eigenvalue weighted by Gasteiger charge is -2.15. The number of benzene rings is 1. The summed E-state index contributed by atoms with van der Waals surface area (Å²) in [7, 11) is 1.92. The monoisotopic (exact) mass is 469 g/mol. The van der Waals surface area contributed by atoms with Crippen LogP contribution < -0.4 is 11.1 Å². The summed E-state index contributed by atoms with van der Waals surface area (Å²) in [6, 6.07) is 1.45. The highest BCUT2D eigenvalue weighted by molar-refractivity contribution is 14.1. The van der Waals surface area contributed by atoms with Gasteiger partial charge in [0.25, 0.3) is 5.91 Å². The fourth-order valence-corrected chi connectivity index (χ4v) is 3.15. The van der Waals surface area contributed by atoms with Gasteiger partial charge in [0, 0.05) is 10.1 Å². The van der Waals surface area contributed by atoms with E-state index in [4.69, 9.17) is 5.73 Å². The van der Waals surface area contributed by atoms with Crippen molar-refractivity contribution in [2.24, 2.45) is 11.7 Å². The van der Waals surface area contributed by atoms with Crippen molar-refractivity contribution in [1.29, 1.82) is 0 Å². The number of likely N-dealkylation sites (tertiary alicyclic amines) is 1. The smallest absolute Gasteiger partial charge is 0.250 e. The number of anilines is 1. The van der Waals surface area contributed by atoms with E-state index >= 15 is 0 Å². The molecule has 1 aromatic rings. The van der Waals surface area contributed by atoms with Gasteiger partial charge in [-0.2, -0.15) is 0 Å². The first-order valence-corrected chi connectivity index (χ1v) is 8.15. The summed E-state index contributed by atoms with van der Waals surface area (Å²) in [6.07, 6.45) is 0.710. The second-order valence-electron chi connectivity index (χ2n) is 5.01. The van der Waals surface area contributed by atoms with Crippen molar-refractivity contribution in [3.05, 3.63) is 25.5 Å². The number of halogens is 3. The molecule has 0 spiro atoms. The Kier molecular flexibility index (Phi) is 5.20. The maximum atomic E-state index is 14.3. The quantitative estimate of drug-likeness (QED) is 0.526. The molecule has 1 fully saturated rings. The van der Waals surface area contributed by atoms with Crippen molar-refractivity contribution in [3.8, 4) is 0 Å². The zero-order valence-corrected chi connectivity index (χ0v) is 15.0. The van der Waals surface area contributed by atoms with Gasteiger partial charge in [-0.15, -0.1) is 0 Å². The molecule has 1 aliphatic rings. The molecule has 21 heavy (non-hydrogen) atoms. The minimum atomic E-state index is -0.779. The topological polar surface area (TPSA) is 75.4 Å². The molecule has 0 aliphatic carbocycles. The average Bonchev–Trinajstić information content (AvgIpc) is 2.85. The van der Waals surface area contributed by atoms with E-state index in [-0.39, 0.29) is 27.5 Å². The second kappa shape index (κ2) is 6.57. The van der Waals surface area contributed by atoms with E-state index in [1.807, 2.05) is 34.5 Å². The summed E-state index contributed by atoms with van der Waals surface area (Å²) in [5, 5.41) is 2.52. The minimum absolute atomic E-state index is 0.0280. The molecular weight excluding hydrogens is 456 g/mol. The highest BCUT2D eigenvalue weighted by atomic mass is 127. The van der Waals surface area contributed by atoms with Gasteiger partial charge in [-0.1, -0.05) is 0 Å². The van der Waals surface area contributed by atoms with Crippen LogP contribution >= 0.6 is 38.5 Å². The Bertz CT molecular complexity index is 612. The van der Waals surface area contributed by atoms with Crippen LogP contribution in [0, 0.1) is 15.3 Å². The molecule has 3 N–H and O–H groups in total. The van der Waals surface area contributed by atoms with Crippen LogP contribution in [0.5, 0.6) is 0 Å². The molecule has 0 radical (unpaired) electrons. The Labute approximate surface area is 143 Å². The Morgan fingerprint density at radius 2 is 2.24 bits per heavy atom. The van der Waals surface area contributed by atoms with Gasteiger partial charge in [-0.25, -0.2) is 4.39 Å². The molecular formula is C13H14BrFIN3O2. The number of primary amides is 1. The molecule has 2 rings (SSSR count). The van der Waals surface area contributed by atoms with Crippen molar-refractivity contribution >= 4 is 56.0 Å². The van der Waals surface area contributed by atoms with Gasteiger partial charge < -0.3 is 16.0 Å². The van der Waals surface area contributed by atoms with Crippen molar-refractivity contribution in [2.75, 3.05) is 25.5 Å². The Hall–Kier alpha value is -0.740. The molecule has 1 atom stereocenters. The summed E-state index contributed by atoms with van der Waals surface area (Å²) in [5.74, 6) is -1.98. The van der Waals surface area contributed by atoms with Gasteiger partial charge in [0.15, 0.2) is 5.82 Å². The van der Waals surface area contributed by atoms with Crippen LogP contribution in [0.2, 0.25) is 0 Å². The first-order chi connectivity index (χ1) is 9.81. The van der Waals surface area contributed by atoms with E-state index in [1.165, 1.54) is 6.07 Å². The van der Waals surface area contributed by atoms with Gasteiger partial charge in [-0.05, 0) is 64.6 Å². The summed E-state index contributed by atoms with van der Waals surface area (Å²) in [5.41, 5.74) is 5.08. The SMILES string of the molecule is CN1CCC(C(=O)Nc2c(C(N)=O)cc(I)c(Br)c2F)C1. The number of amides is 2. The van der Waals surface area contributed by atoms with E-state index in [0.717, 1.165) is 6.54 Å². The predicted molar refractivity (Wildman–Crippen MR) is 89.6 cm³/mol. The van der Waals surface area contributed by atoms with Crippen LogP contribution in [0.4, 0.5) is 10.1 Å². The highest BCUT2D eigenvalue weighted by Gasteiger charge is 2.28. The van der Waals surface area contributed by atoms with Crippen molar-refractivity contribution < 1.29 is 14.0 Å². The lowest BCUT2D eigenvalue weighted by atomic mass is 10.1. The third-order valence-electron chi connectivity index (χ3n) is 3.44. The van der Waals surface area contributed by atoms with Gasteiger partial charge in [0.2, 0.25) is 5.91 Å². The van der Waals surface area contributed by atoms with E-state index in [0.29, 0.717) is 16.5 Å². The van der Waals surface area contributed by atoms with Crippen LogP contribution in [0.1, 0.15) is 16.8 Å². The highest BCUT2D eigenvalue weighted by Crippen LogP contribution is 2.32. The maximum Gasteiger partial charge on any atom is 0.250 e. The molecule has 1 saturated heterocycles. The molecule has 8 heteroatoms. The zero-order chi connectivity index (χ0) is 15.7. The van der Waals surface area contributed by atoms with Crippen molar-refractivity contribution in [3.63, 3.8) is 0 Å². The van der Waals surface area contributed by atoms with E-state index < -0.39 is 11.7 Å². The number of hydrogen-bond acceptors (Lipinski definition) is 3. The van der Waals surface area contributed by atoms with Crippen molar-refractivity contribution in [2.45, 2.75) is 6.42 Å². The molecule has 0 aromatic heterocycles. The maximum absolute atomic E-state index is 14.3. The van der Waals surface area contributed by atoms with Crippen LogP contribution in [-0.4, -0.2) is 36.9 Å². The first kappa shape index (κ1) is 16.6. The Morgan fingerprint density at radius 3 is 2.76 bits per heavy atom. The standard InChI is InChI=1S/C13H14BrFIN3O2/c1-19-3-2-6(5-19)13(21)18-11-7(12(17)20)4-8(16)9(14)10(11)15/h4,6H,2-3,5H2,1H3,(H2,17,20)(H,18,21). The molecule has 1 aromatic carbocycles. The molecule has 0 bridgehead atoms. The summed E-state index contributed by atoms with van der Waals surface area (Å²) < 4.78 is 15.0. The Morgan fingerprint density at radius 1 is 1.57 bits per heavy atom. The largest absolute Gasteiger partial charge is 0.366 e. The fourth-order valence-electron chi connectivity index (χ4n) is 2.29. The van der Waals surface area contributed by atoms with E-state index in [9.17, 15) is 14.0 Å². The van der Waals surface area contributed by atoms with Crippen LogP contribution in [0.25, 0.3) is 0 Å². The van der Waals surface area contributed by atoms with Crippen LogP contribution in [0.15, 0.2) is 10.5 Å². The van der Waals surface area contributed by atoms with E-state index in [1.54, 1.807) is 0 Å². The lowest BCUT2D eigenvalue weighted by molar-refractivity contribution is -0.119. The number of nitrogens with two attached hydrogens (primary N) is 1. The minimum Gasteiger partial charge on any atom is -0.366 e. The zero-order valence-electron chi connectivity index (χ0n) is 11.3. The van der Waals surface area contributed by atoms with Gasteiger partial charge >= 0.3 is 0 Å². The lowest BCUT2D eigenvalue weighted by Crippen LogP contribution is -2.27. The third-order valence-corrected chi connectivity index (χ3v) is 5.81.